The van der Waals surface area contributed by atoms with Crippen LogP contribution in [0.2, 0.25) is 0 Å². The van der Waals surface area contributed by atoms with Gasteiger partial charge in [0.1, 0.15) is 0 Å². The number of aromatic nitrogens is 3. The molecule has 0 atom stereocenters. The van der Waals surface area contributed by atoms with Crippen LogP contribution < -0.4 is 15.8 Å². The Labute approximate surface area is 96.7 Å². The van der Waals surface area contributed by atoms with E-state index in [1.54, 1.807) is 13.3 Å². The van der Waals surface area contributed by atoms with Gasteiger partial charge in [-0.25, -0.2) is 4.98 Å². The molecule has 0 saturated carbocycles. The summed E-state index contributed by atoms with van der Waals surface area (Å²) in [5.41, 5.74) is 6.47. The van der Waals surface area contributed by atoms with Gasteiger partial charge in [0.15, 0.2) is 0 Å². The molecule has 6 nitrogen and oxygen atoms in total. The number of nitrogen functional groups attached to an aromatic ring is 1. The summed E-state index contributed by atoms with van der Waals surface area (Å²) in [6, 6.07) is 3.76. The third-order valence-corrected chi connectivity index (χ3v) is 2.58. The lowest BCUT2D eigenvalue weighted by Crippen LogP contribution is -2.00. The lowest BCUT2D eigenvalue weighted by atomic mass is 10.3. The average molecular weight is 237 g/mol. The molecule has 0 unspecified atom stereocenters. The summed E-state index contributed by atoms with van der Waals surface area (Å²) >= 11 is 1.23. The molecule has 2 aromatic rings. The third-order valence-electron chi connectivity index (χ3n) is 1.89. The Kier molecular flexibility index (Phi) is 3.16. The number of nitrogens with one attached hydrogen (secondary N) is 1. The van der Waals surface area contributed by atoms with Gasteiger partial charge in [0.05, 0.1) is 7.11 Å². The molecule has 3 N–H and O–H groups in total. The van der Waals surface area contributed by atoms with Gasteiger partial charge in [-0.2, -0.15) is 9.36 Å². The van der Waals surface area contributed by atoms with Crippen molar-refractivity contribution in [3.05, 3.63) is 23.9 Å². The summed E-state index contributed by atoms with van der Waals surface area (Å²) in [7, 11) is 1.59. The Hall–Kier alpha value is -1.89. The van der Waals surface area contributed by atoms with Crippen molar-refractivity contribution in [1.29, 1.82) is 0 Å². The molecule has 0 aliphatic carbocycles. The van der Waals surface area contributed by atoms with Gasteiger partial charge in [-0.05, 0) is 11.6 Å². The van der Waals surface area contributed by atoms with Crippen LogP contribution in [0, 0.1) is 0 Å². The lowest BCUT2D eigenvalue weighted by molar-refractivity contribution is 0.397. The molecule has 2 heterocycles. The number of nitrogens with two attached hydrogens (primary N) is 1. The minimum atomic E-state index is 0.291. The predicted octanol–water partition coefficient (Wildman–Crippen LogP) is 1.14. The van der Waals surface area contributed by atoms with Gasteiger partial charge >= 0.3 is 0 Å². The summed E-state index contributed by atoms with van der Waals surface area (Å²) in [5, 5.41) is 3.82. The number of methoxy groups -OCH3 is 1. The van der Waals surface area contributed by atoms with Crippen molar-refractivity contribution in [2.75, 3.05) is 18.2 Å². The fraction of sp³-hybridized carbons (Fsp3) is 0.222. The number of nitrogens with zero attached hydrogens (tertiary/aromatic N) is 3. The molecule has 0 aliphatic rings. The largest absolute Gasteiger partial charge is 0.481 e. The molecule has 0 spiro atoms. The number of hydrogen-bond donors (Lipinski definition) is 2. The number of anilines is 2. The Balaban J connectivity index is 1.99. The molecule has 0 saturated heterocycles. The van der Waals surface area contributed by atoms with E-state index in [1.807, 2.05) is 12.1 Å². The van der Waals surface area contributed by atoms with E-state index in [1.165, 1.54) is 11.5 Å². The highest BCUT2D eigenvalue weighted by atomic mass is 32.1. The molecule has 0 fully saturated rings. The highest BCUT2D eigenvalue weighted by Crippen LogP contribution is 2.14. The van der Waals surface area contributed by atoms with Crippen LogP contribution in [-0.2, 0) is 6.54 Å². The normalized spacial score (nSPS) is 10.1. The number of pyridine rings is 1. The summed E-state index contributed by atoms with van der Waals surface area (Å²) < 4.78 is 8.90. The van der Waals surface area contributed by atoms with E-state index in [9.17, 15) is 0 Å². The van der Waals surface area contributed by atoms with E-state index in [2.05, 4.69) is 19.7 Å². The van der Waals surface area contributed by atoms with E-state index in [0.717, 1.165) is 5.56 Å². The standard InChI is InChI=1S/C9H11N5OS/c1-15-7-4-6(2-3-11-7)5-12-9-13-8(10)14-16-9/h2-4H,5H2,1H3,(H3,10,12,13,14). The van der Waals surface area contributed by atoms with E-state index in [0.29, 0.717) is 23.5 Å². The SMILES string of the molecule is COc1cc(CNc2nc(N)ns2)ccn1. The molecule has 0 radical (unpaired) electrons. The van der Waals surface area contributed by atoms with Gasteiger partial charge < -0.3 is 15.8 Å². The maximum atomic E-state index is 5.41. The Morgan fingerprint density at radius 3 is 3.12 bits per heavy atom. The van der Waals surface area contributed by atoms with Crippen LogP contribution in [0.3, 0.4) is 0 Å². The van der Waals surface area contributed by atoms with E-state index in [-0.39, 0.29) is 0 Å². The van der Waals surface area contributed by atoms with Crippen molar-refractivity contribution in [2.24, 2.45) is 0 Å². The molecule has 0 aliphatic heterocycles. The van der Waals surface area contributed by atoms with Gasteiger partial charge in [-0.1, -0.05) is 0 Å². The van der Waals surface area contributed by atoms with Crippen LogP contribution in [0.1, 0.15) is 5.56 Å². The van der Waals surface area contributed by atoms with Crippen LogP contribution >= 0.6 is 11.5 Å². The van der Waals surface area contributed by atoms with Crippen LogP contribution in [0.15, 0.2) is 18.3 Å². The predicted molar refractivity (Wildman–Crippen MR) is 62.4 cm³/mol. The topological polar surface area (TPSA) is 86.0 Å². The van der Waals surface area contributed by atoms with Crippen molar-refractivity contribution in [2.45, 2.75) is 6.54 Å². The third kappa shape index (κ3) is 2.57. The molecule has 16 heavy (non-hydrogen) atoms. The lowest BCUT2D eigenvalue weighted by Gasteiger charge is -2.03. The number of rotatable bonds is 4. The summed E-state index contributed by atoms with van der Waals surface area (Å²) in [6.45, 7) is 0.632. The molecule has 2 aromatic heterocycles. The van der Waals surface area contributed by atoms with Gasteiger partial charge in [0, 0.05) is 30.3 Å². The molecule has 84 valence electrons. The highest BCUT2D eigenvalue weighted by molar-refractivity contribution is 7.09. The van der Waals surface area contributed by atoms with Gasteiger partial charge in [0.25, 0.3) is 0 Å². The van der Waals surface area contributed by atoms with Gasteiger partial charge in [0.2, 0.25) is 17.0 Å². The monoisotopic (exact) mass is 237 g/mol. The van der Waals surface area contributed by atoms with E-state index < -0.39 is 0 Å². The van der Waals surface area contributed by atoms with Gasteiger partial charge in [-0.3, -0.25) is 0 Å². The maximum absolute atomic E-state index is 5.41. The molecule has 0 bridgehead atoms. The zero-order valence-corrected chi connectivity index (χ0v) is 9.49. The van der Waals surface area contributed by atoms with Gasteiger partial charge in [-0.15, -0.1) is 0 Å². The van der Waals surface area contributed by atoms with Crippen LogP contribution in [0.4, 0.5) is 11.1 Å². The fourth-order valence-electron chi connectivity index (χ4n) is 1.16. The smallest absolute Gasteiger partial charge is 0.233 e. The van der Waals surface area contributed by atoms with Crippen molar-refractivity contribution in [1.82, 2.24) is 14.3 Å². The van der Waals surface area contributed by atoms with Crippen molar-refractivity contribution in [3.8, 4) is 5.88 Å². The van der Waals surface area contributed by atoms with E-state index >= 15 is 0 Å². The van der Waals surface area contributed by atoms with Crippen molar-refractivity contribution >= 4 is 22.6 Å². The molecule has 0 amide bonds. The Morgan fingerprint density at radius 1 is 1.56 bits per heavy atom. The first-order valence-corrected chi connectivity index (χ1v) is 5.37. The first-order chi connectivity index (χ1) is 7.78. The average Bonchev–Trinajstić information content (AvgIpc) is 2.73. The first kappa shape index (κ1) is 10.6. The highest BCUT2D eigenvalue weighted by Gasteiger charge is 2.01. The number of ether oxygens (including phenoxy) is 1. The molecule has 2 rings (SSSR count). The zero-order chi connectivity index (χ0) is 11.4. The summed E-state index contributed by atoms with van der Waals surface area (Å²) in [4.78, 5) is 8.02. The fourth-order valence-corrected chi connectivity index (χ4v) is 1.65. The van der Waals surface area contributed by atoms with Crippen LogP contribution in [0.25, 0.3) is 0 Å². The molecular weight excluding hydrogens is 226 g/mol. The van der Waals surface area contributed by atoms with Crippen molar-refractivity contribution in [3.63, 3.8) is 0 Å². The Morgan fingerprint density at radius 2 is 2.44 bits per heavy atom. The quantitative estimate of drug-likeness (QED) is 0.829. The molecule has 7 heteroatoms. The summed E-state index contributed by atoms with van der Waals surface area (Å²) in [5.74, 6) is 0.885. The molecule has 0 aromatic carbocycles. The summed E-state index contributed by atoms with van der Waals surface area (Å²) in [6.07, 6.45) is 1.70. The van der Waals surface area contributed by atoms with Crippen LogP contribution in [0.5, 0.6) is 5.88 Å². The van der Waals surface area contributed by atoms with Crippen molar-refractivity contribution < 1.29 is 4.74 Å². The minimum Gasteiger partial charge on any atom is -0.481 e. The zero-order valence-electron chi connectivity index (χ0n) is 8.67. The van der Waals surface area contributed by atoms with Crippen LogP contribution in [-0.4, -0.2) is 21.5 Å². The van der Waals surface area contributed by atoms with E-state index in [4.69, 9.17) is 10.5 Å². The second-order valence-electron chi connectivity index (χ2n) is 3.02. The molecular formula is C9H11N5OS. The Bertz CT molecular complexity index is 472. The second kappa shape index (κ2) is 4.75. The minimum absolute atomic E-state index is 0.291. The maximum Gasteiger partial charge on any atom is 0.233 e. The second-order valence-corrected chi connectivity index (χ2v) is 3.77. The number of hydrogen-bond acceptors (Lipinski definition) is 7. The first-order valence-electron chi connectivity index (χ1n) is 4.60.